The van der Waals surface area contributed by atoms with Crippen LogP contribution in [-0.4, -0.2) is 116 Å². The highest BCUT2D eigenvalue weighted by molar-refractivity contribution is 6.00. The summed E-state index contributed by atoms with van der Waals surface area (Å²) in [6.45, 7) is 6.97. The maximum atomic E-state index is 12.6. The number of carbonyl (C=O) groups is 2. The molecule has 0 saturated carbocycles. The predicted octanol–water partition coefficient (Wildman–Crippen LogP) is 2.38. The van der Waals surface area contributed by atoms with Gasteiger partial charge in [-0.2, -0.15) is 0 Å². The smallest absolute Gasteiger partial charge is 0.323 e. The molecule has 2 aliphatic heterocycles. The molecule has 0 radical (unpaired) electrons. The van der Waals surface area contributed by atoms with Gasteiger partial charge in [-0.15, -0.1) is 0 Å². The van der Waals surface area contributed by atoms with Crippen molar-refractivity contribution in [2.45, 2.75) is 0 Å². The molecule has 0 unspecified atom stereocenters. The molecule has 3 aromatic rings. The summed E-state index contributed by atoms with van der Waals surface area (Å²) in [5.41, 5.74) is 2.46. The van der Waals surface area contributed by atoms with E-state index >= 15 is 0 Å². The van der Waals surface area contributed by atoms with Crippen LogP contribution in [-0.2, 0) is 9.47 Å². The number of ether oxygens (including phenoxy) is 3. The first-order valence-electron chi connectivity index (χ1n) is 14.4. The molecule has 0 atom stereocenters. The molecule has 2 aliphatic rings. The van der Waals surface area contributed by atoms with Crippen LogP contribution in [0.25, 0.3) is 11.4 Å². The summed E-state index contributed by atoms with van der Waals surface area (Å²) in [6.07, 6.45) is 1.63. The van der Waals surface area contributed by atoms with Crippen molar-refractivity contribution < 1.29 is 28.9 Å². The quantitative estimate of drug-likeness (QED) is 0.262. The van der Waals surface area contributed by atoms with Crippen LogP contribution in [0.1, 0.15) is 10.4 Å². The van der Waals surface area contributed by atoms with Crippen LogP contribution in [0.5, 0.6) is 5.75 Å². The summed E-state index contributed by atoms with van der Waals surface area (Å²) in [7, 11) is 0. The Morgan fingerprint density at radius 2 is 1.51 bits per heavy atom. The van der Waals surface area contributed by atoms with Gasteiger partial charge in [0.25, 0.3) is 5.91 Å². The van der Waals surface area contributed by atoms with Crippen molar-refractivity contribution in [3.05, 3.63) is 60.3 Å². The standard InChI is InChI=1S/C30H37N7O6/c38-15-9-31-28-26(43-20-12-36-10-16-41-17-11-36)21-32-27(35-28)22-1-5-24(6-2-22)33-30(40)34-25-7-3-23(4-8-25)29(39)37-13-18-42-19-14-37/h1-8,21,38H,9-20H2,(H,31,32,35)(H2,33,34,40). The number of aromatic nitrogens is 2. The monoisotopic (exact) mass is 591 g/mol. The molecule has 3 amide bonds. The molecule has 4 N–H and O–H groups in total. The van der Waals surface area contributed by atoms with Crippen LogP contribution in [0.3, 0.4) is 0 Å². The molecule has 1 aromatic heterocycles. The third kappa shape index (κ3) is 8.61. The maximum Gasteiger partial charge on any atom is 0.323 e. The Labute approximate surface area is 250 Å². The maximum absolute atomic E-state index is 12.6. The lowest BCUT2D eigenvalue weighted by atomic mass is 10.1. The molecule has 2 aromatic carbocycles. The third-order valence-corrected chi connectivity index (χ3v) is 7.02. The first-order chi connectivity index (χ1) is 21.1. The Morgan fingerprint density at radius 3 is 2.16 bits per heavy atom. The second-order valence-corrected chi connectivity index (χ2v) is 10.00. The van der Waals surface area contributed by atoms with Crippen molar-refractivity contribution in [1.29, 1.82) is 0 Å². The van der Waals surface area contributed by atoms with Crippen LogP contribution >= 0.6 is 0 Å². The number of morpholine rings is 2. The Balaban J connectivity index is 1.15. The number of hydrogen-bond acceptors (Lipinski definition) is 10. The fraction of sp³-hybridized carbons (Fsp3) is 0.400. The number of hydrogen-bond donors (Lipinski definition) is 4. The predicted molar refractivity (Wildman–Crippen MR) is 162 cm³/mol. The molecule has 2 saturated heterocycles. The Morgan fingerprint density at radius 1 is 0.884 bits per heavy atom. The summed E-state index contributed by atoms with van der Waals surface area (Å²) in [5, 5.41) is 18.0. The molecule has 13 heteroatoms. The second kappa shape index (κ2) is 15.3. The van der Waals surface area contributed by atoms with Crippen molar-refractivity contribution in [2.24, 2.45) is 0 Å². The van der Waals surface area contributed by atoms with Gasteiger partial charge in [0, 0.05) is 61.8 Å². The molecular formula is C30H37N7O6. The number of benzene rings is 2. The highest BCUT2D eigenvalue weighted by Crippen LogP contribution is 2.26. The van der Waals surface area contributed by atoms with E-state index in [9.17, 15) is 14.7 Å². The van der Waals surface area contributed by atoms with E-state index in [-0.39, 0.29) is 12.5 Å². The van der Waals surface area contributed by atoms with E-state index < -0.39 is 6.03 Å². The lowest BCUT2D eigenvalue weighted by Crippen LogP contribution is -2.40. The van der Waals surface area contributed by atoms with Crippen molar-refractivity contribution in [3.63, 3.8) is 0 Å². The molecule has 228 valence electrons. The summed E-state index contributed by atoms with van der Waals surface area (Å²) in [5.74, 6) is 1.44. The number of nitrogens with one attached hydrogen (secondary N) is 3. The second-order valence-electron chi connectivity index (χ2n) is 10.00. The van der Waals surface area contributed by atoms with E-state index in [1.807, 2.05) is 12.1 Å². The van der Waals surface area contributed by atoms with Crippen LogP contribution in [0.4, 0.5) is 22.0 Å². The van der Waals surface area contributed by atoms with E-state index in [1.165, 1.54) is 0 Å². The number of rotatable bonds is 11. The molecule has 0 aliphatic carbocycles. The SMILES string of the molecule is O=C(Nc1ccc(C(=O)N2CCOCC2)cc1)Nc1ccc(-c2ncc(OCCN3CCOCC3)c(NCCO)n2)cc1. The van der Waals surface area contributed by atoms with Gasteiger partial charge in [0.2, 0.25) is 0 Å². The average molecular weight is 592 g/mol. The summed E-state index contributed by atoms with van der Waals surface area (Å²) < 4.78 is 16.6. The van der Waals surface area contributed by atoms with E-state index in [2.05, 4.69) is 30.8 Å². The molecule has 3 heterocycles. The third-order valence-electron chi connectivity index (χ3n) is 7.02. The number of nitrogens with zero attached hydrogens (tertiary/aromatic N) is 4. The molecule has 5 rings (SSSR count). The summed E-state index contributed by atoms with van der Waals surface area (Å²) >= 11 is 0. The van der Waals surface area contributed by atoms with E-state index in [0.29, 0.717) is 73.8 Å². The molecule has 0 spiro atoms. The first kappa shape index (κ1) is 30.2. The van der Waals surface area contributed by atoms with Crippen LogP contribution in [0, 0.1) is 0 Å². The fourth-order valence-electron chi connectivity index (χ4n) is 4.67. The Hall–Kier alpha value is -4.30. The number of anilines is 3. The fourth-order valence-corrected chi connectivity index (χ4v) is 4.67. The number of aliphatic hydroxyl groups is 1. The van der Waals surface area contributed by atoms with Gasteiger partial charge < -0.3 is 40.2 Å². The summed E-state index contributed by atoms with van der Waals surface area (Å²) in [6, 6.07) is 13.5. The minimum absolute atomic E-state index is 0.0499. The van der Waals surface area contributed by atoms with Crippen molar-refractivity contribution in [2.75, 3.05) is 94.9 Å². The molecule has 13 nitrogen and oxygen atoms in total. The topological polar surface area (TPSA) is 150 Å². The molecule has 43 heavy (non-hydrogen) atoms. The van der Waals surface area contributed by atoms with Crippen molar-refractivity contribution in [3.8, 4) is 17.1 Å². The first-order valence-corrected chi connectivity index (χ1v) is 14.4. The normalized spacial score (nSPS) is 15.5. The minimum Gasteiger partial charge on any atom is -0.487 e. The van der Waals surface area contributed by atoms with Gasteiger partial charge in [-0.1, -0.05) is 0 Å². The molecule has 0 bridgehead atoms. The largest absolute Gasteiger partial charge is 0.487 e. The van der Waals surface area contributed by atoms with Crippen molar-refractivity contribution in [1.82, 2.24) is 19.8 Å². The lowest BCUT2D eigenvalue weighted by molar-refractivity contribution is 0.0303. The number of carbonyl (C=O) groups excluding carboxylic acids is 2. The summed E-state index contributed by atoms with van der Waals surface area (Å²) in [4.78, 5) is 38.3. The molecular weight excluding hydrogens is 554 g/mol. The van der Waals surface area contributed by atoms with Gasteiger partial charge in [-0.25, -0.2) is 14.8 Å². The van der Waals surface area contributed by atoms with Crippen molar-refractivity contribution >= 4 is 29.1 Å². The molecule has 2 fully saturated rings. The zero-order valence-electron chi connectivity index (χ0n) is 24.0. The van der Waals surface area contributed by atoms with Gasteiger partial charge >= 0.3 is 6.03 Å². The zero-order valence-corrected chi connectivity index (χ0v) is 24.0. The van der Waals surface area contributed by atoms with Gasteiger partial charge in [0.15, 0.2) is 17.4 Å². The van der Waals surface area contributed by atoms with E-state index in [4.69, 9.17) is 14.2 Å². The van der Waals surface area contributed by atoms with Crippen LogP contribution in [0.15, 0.2) is 54.7 Å². The highest BCUT2D eigenvalue weighted by Gasteiger charge is 2.18. The Bertz CT molecular complexity index is 1340. The number of aliphatic hydroxyl groups excluding tert-OH is 1. The average Bonchev–Trinajstić information content (AvgIpc) is 3.05. The van der Waals surface area contributed by atoms with Gasteiger partial charge in [0.05, 0.1) is 39.2 Å². The number of amides is 3. The van der Waals surface area contributed by atoms with E-state index in [0.717, 1.165) is 38.4 Å². The van der Waals surface area contributed by atoms with E-state index in [1.54, 1.807) is 47.5 Å². The minimum atomic E-state index is -0.412. The number of urea groups is 1. The van der Waals surface area contributed by atoms with Crippen LogP contribution < -0.4 is 20.7 Å². The highest BCUT2D eigenvalue weighted by atomic mass is 16.5. The van der Waals surface area contributed by atoms with Gasteiger partial charge in [-0.05, 0) is 48.5 Å². The lowest BCUT2D eigenvalue weighted by Gasteiger charge is -2.26. The van der Waals surface area contributed by atoms with Gasteiger partial charge in [-0.3, -0.25) is 9.69 Å². The van der Waals surface area contributed by atoms with Gasteiger partial charge in [0.1, 0.15) is 6.61 Å². The Kier molecular flexibility index (Phi) is 10.7. The van der Waals surface area contributed by atoms with Crippen LogP contribution in [0.2, 0.25) is 0 Å². The zero-order chi connectivity index (χ0) is 29.9.